The Kier molecular flexibility index (Phi) is 3.62. The first-order valence-corrected chi connectivity index (χ1v) is 4.65. The van der Waals surface area contributed by atoms with Crippen LogP contribution in [0.15, 0.2) is 18.2 Å². The molecular formula is C10H11F3N2O2. The van der Waals surface area contributed by atoms with E-state index in [1.54, 1.807) is 0 Å². The van der Waals surface area contributed by atoms with Gasteiger partial charge >= 0.3 is 12.3 Å². The first-order valence-electron chi connectivity index (χ1n) is 4.65. The number of primary amides is 1. The van der Waals surface area contributed by atoms with Crippen molar-refractivity contribution in [2.75, 3.05) is 0 Å². The molecule has 0 radical (unpaired) electrons. The molecule has 0 aliphatic heterocycles. The Balaban J connectivity index is 3.23. The van der Waals surface area contributed by atoms with Gasteiger partial charge in [0.05, 0.1) is 5.56 Å². The van der Waals surface area contributed by atoms with Crippen LogP contribution < -0.4 is 16.2 Å². The molecular weight excluding hydrogens is 237 g/mol. The van der Waals surface area contributed by atoms with Gasteiger partial charge in [0, 0.05) is 6.04 Å². The van der Waals surface area contributed by atoms with Crippen LogP contribution in [-0.2, 0) is 6.18 Å². The number of carbonyl (C=O) groups excluding carboxylic acids is 1. The quantitative estimate of drug-likeness (QED) is 0.841. The minimum Gasteiger partial charge on any atom is -0.410 e. The molecule has 4 nitrogen and oxygen atoms in total. The Bertz CT molecular complexity index is 430. The highest BCUT2D eigenvalue weighted by molar-refractivity contribution is 5.68. The third-order valence-electron chi connectivity index (χ3n) is 2.00. The van der Waals surface area contributed by atoms with Crippen LogP contribution in [0.25, 0.3) is 0 Å². The number of halogens is 3. The second kappa shape index (κ2) is 4.62. The third kappa shape index (κ3) is 3.63. The molecule has 0 bridgehead atoms. The van der Waals surface area contributed by atoms with Gasteiger partial charge in [-0.15, -0.1) is 0 Å². The predicted octanol–water partition coefficient (Wildman–Crippen LogP) is 2.18. The standard InChI is InChI=1S/C10H11F3N2O2/c1-5(14)6-2-7(10(11,12)13)4-8(3-6)17-9(15)16/h2-5H,14H2,1H3,(H2,15,16). The molecule has 0 aromatic heterocycles. The van der Waals surface area contributed by atoms with Gasteiger partial charge in [0.15, 0.2) is 0 Å². The van der Waals surface area contributed by atoms with Crippen molar-refractivity contribution in [2.45, 2.75) is 19.1 Å². The first-order chi connectivity index (χ1) is 7.70. The van der Waals surface area contributed by atoms with E-state index in [4.69, 9.17) is 11.5 Å². The normalized spacial score (nSPS) is 13.2. The Morgan fingerprint density at radius 1 is 1.35 bits per heavy atom. The molecule has 1 aromatic carbocycles. The molecule has 0 fully saturated rings. The zero-order valence-electron chi connectivity index (χ0n) is 8.91. The lowest BCUT2D eigenvalue weighted by Crippen LogP contribution is -2.17. The number of ether oxygens (including phenoxy) is 1. The summed E-state index contributed by atoms with van der Waals surface area (Å²) < 4.78 is 42.0. The summed E-state index contributed by atoms with van der Waals surface area (Å²) in [7, 11) is 0. The fraction of sp³-hybridized carbons (Fsp3) is 0.300. The Morgan fingerprint density at radius 3 is 2.35 bits per heavy atom. The van der Waals surface area contributed by atoms with Gasteiger partial charge in [-0.25, -0.2) is 4.79 Å². The van der Waals surface area contributed by atoms with E-state index in [1.165, 1.54) is 13.0 Å². The highest BCUT2D eigenvalue weighted by Crippen LogP contribution is 2.33. The van der Waals surface area contributed by atoms with Crippen molar-refractivity contribution < 1.29 is 22.7 Å². The van der Waals surface area contributed by atoms with Crippen LogP contribution in [0.1, 0.15) is 24.1 Å². The minimum absolute atomic E-state index is 0.205. The summed E-state index contributed by atoms with van der Waals surface area (Å²) in [6.45, 7) is 1.52. The summed E-state index contributed by atoms with van der Waals surface area (Å²) in [5.41, 5.74) is 9.49. The lowest BCUT2D eigenvalue weighted by atomic mass is 10.0. The Labute approximate surface area is 95.3 Å². The van der Waals surface area contributed by atoms with Crippen molar-refractivity contribution in [3.8, 4) is 5.75 Å². The van der Waals surface area contributed by atoms with Gasteiger partial charge in [0.2, 0.25) is 0 Å². The maximum Gasteiger partial charge on any atom is 0.416 e. The van der Waals surface area contributed by atoms with Gasteiger partial charge in [-0.05, 0) is 30.7 Å². The van der Waals surface area contributed by atoms with Crippen molar-refractivity contribution >= 4 is 6.09 Å². The SMILES string of the molecule is CC(N)c1cc(OC(N)=O)cc(C(F)(F)F)c1. The van der Waals surface area contributed by atoms with Crippen molar-refractivity contribution in [1.82, 2.24) is 0 Å². The average Bonchev–Trinajstić information content (AvgIpc) is 2.14. The smallest absolute Gasteiger partial charge is 0.410 e. The molecule has 4 N–H and O–H groups in total. The van der Waals surface area contributed by atoms with Crippen LogP contribution in [0.2, 0.25) is 0 Å². The highest BCUT2D eigenvalue weighted by Gasteiger charge is 2.31. The van der Waals surface area contributed by atoms with Crippen LogP contribution in [-0.4, -0.2) is 6.09 Å². The summed E-state index contributed by atoms with van der Waals surface area (Å²) in [4.78, 5) is 10.5. The summed E-state index contributed by atoms with van der Waals surface area (Å²) in [6.07, 6.45) is -5.72. The van der Waals surface area contributed by atoms with Crippen molar-refractivity contribution in [3.05, 3.63) is 29.3 Å². The molecule has 1 atom stereocenters. The second-order valence-electron chi connectivity index (χ2n) is 3.50. The van der Waals surface area contributed by atoms with E-state index in [0.29, 0.717) is 6.07 Å². The van der Waals surface area contributed by atoms with Gasteiger partial charge in [-0.3, -0.25) is 0 Å². The first kappa shape index (κ1) is 13.3. The maximum absolute atomic E-state index is 12.5. The van der Waals surface area contributed by atoms with Crippen LogP contribution in [0.3, 0.4) is 0 Å². The molecule has 0 heterocycles. The fourth-order valence-corrected chi connectivity index (χ4v) is 1.22. The Morgan fingerprint density at radius 2 is 1.94 bits per heavy atom. The average molecular weight is 248 g/mol. The monoisotopic (exact) mass is 248 g/mol. The van der Waals surface area contributed by atoms with Gasteiger partial charge < -0.3 is 16.2 Å². The number of carbonyl (C=O) groups is 1. The number of hydrogen-bond acceptors (Lipinski definition) is 3. The molecule has 7 heteroatoms. The lowest BCUT2D eigenvalue weighted by molar-refractivity contribution is -0.137. The van der Waals surface area contributed by atoms with E-state index >= 15 is 0 Å². The van der Waals surface area contributed by atoms with Gasteiger partial charge in [0.1, 0.15) is 5.75 Å². The predicted molar refractivity (Wildman–Crippen MR) is 54.3 cm³/mol. The van der Waals surface area contributed by atoms with E-state index in [0.717, 1.165) is 6.07 Å². The second-order valence-corrected chi connectivity index (χ2v) is 3.50. The van der Waals surface area contributed by atoms with E-state index < -0.39 is 23.9 Å². The van der Waals surface area contributed by atoms with Crippen molar-refractivity contribution in [2.24, 2.45) is 11.5 Å². The van der Waals surface area contributed by atoms with Gasteiger partial charge in [-0.1, -0.05) is 0 Å². The number of hydrogen-bond donors (Lipinski definition) is 2. The molecule has 0 aliphatic carbocycles. The molecule has 0 saturated carbocycles. The minimum atomic E-state index is -4.54. The molecule has 1 aromatic rings. The number of rotatable bonds is 2. The van der Waals surface area contributed by atoms with Crippen LogP contribution in [0.5, 0.6) is 5.75 Å². The Hall–Kier alpha value is -1.76. The van der Waals surface area contributed by atoms with Gasteiger partial charge in [0.25, 0.3) is 0 Å². The molecule has 17 heavy (non-hydrogen) atoms. The summed E-state index contributed by atoms with van der Waals surface area (Å²) in [5.74, 6) is -0.278. The zero-order valence-corrected chi connectivity index (χ0v) is 8.91. The molecule has 1 unspecified atom stereocenters. The summed E-state index contributed by atoms with van der Waals surface area (Å²) in [5, 5.41) is 0. The zero-order chi connectivity index (χ0) is 13.2. The largest absolute Gasteiger partial charge is 0.416 e. The molecule has 0 saturated heterocycles. The van der Waals surface area contributed by atoms with E-state index in [-0.39, 0.29) is 11.3 Å². The van der Waals surface area contributed by atoms with Crippen LogP contribution >= 0.6 is 0 Å². The molecule has 0 spiro atoms. The molecule has 94 valence electrons. The van der Waals surface area contributed by atoms with Crippen LogP contribution in [0, 0.1) is 0 Å². The number of alkyl halides is 3. The number of nitrogens with two attached hydrogens (primary N) is 2. The maximum atomic E-state index is 12.5. The molecule has 1 amide bonds. The van der Waals surface area contributed by atoms with E-state index in [1.807, 2.05) is 0 Å². The fourth-order valence-electron chi connectivity index (χ4n) is 1.22. The summed E-state index contributed by atoms with van der Waals surface area (Å²) >= 11 is 0. The van der Waals surface area contributed by atoms with Crippen LogP contribution in [0.4, 0.5) is 18.0 Å². The lowest BCUT2D eigenvalue weighted by Gasteiger charge is -2.13. The molecule has 1 rings (SSSR count). The van der Waals surface area contributed by atoms with Gasteiger partial charge in [-0.2, -0.15) is 13.2 Å². The van der Waals surface area contributed by atoms with Crippen molar-refractivity contribution in [1.29, 1.82) is 0 Å². The third-order valence-corrected chi connectivity index (χ3v) is 2.00. The van der Waals surface area contributed by atoms with E-state index in [2.05, 4.69) is 4.74 Å². The van der Waals surface area contributed by atoms with E-state index in [9.17, 15) is 18.0 Å². The summed E-state index contributed by atoms with van der Waals surface area (Å²) in [6, 6.07) is 2.22. The number of benzene rings is 1. The highest BCUT2D eigenvalue weighted by atomic mass is 19.4. The van der Waals surface area contributed by atoms with Crippen molar-refractivity contribution in [3.63, 3.8) is 0 Å². The molecule has 0 aliphatic rings. The number of amides is 1. The topological polar surface area (TPSA) is 78.3 Å².